The molecule has 17 heavy (non-hydrogen) atoms. The Kier molecular flexibility index (Phi) is 3.75. The van der Waals surface area contributed by atoms with Crippen LogP contribution in [0.3, 0.4) is 0 Å². The highest BCUT2D eigenvalue weighted by Gasteiger charge is 2.24. The fourth-order valence-electron chi connectivity index (χ4n) is 1.77. The molecule has 1 aliphatic rings. The molecule has 2 rings (SSSR count). The first-order valence-electron chi connectivity index (χ1n) is 5.38. The molecule has 1 saturated heterocycles. The van der Waals surface area contributed by atoms with Crippen LogP contribution in [0, 0.1) is 0 Å². The van der Waals surface area contributed by atoms with Gasteiger partial charge in [0.15, 0.2) is 0 Å². The van der Waals surface area contributed by atoms with Gasteiger partial charge in [-0.15, -0.1) is 11.3 Å². The Morgan fingerprint density at radius 1 is 1.71 bits per heavy atom. The third-order valence-corrected chi connectivity index (χ3v) is 3.63. The smallest absolute Gasteiger partial charge is 0.339 e. The van der Waals surface area contributed by atoms with Crippen LogP contribution < -0.4 is 10.6 Å². The Labute approximate surface area is 103 Å². The lowest BCUT2D eigenvalue weighted by Gasteiger charge is -2.09. The highest BCUT2D eigenvalue weighted by molar-refractivity contribution is 7.10. The van der Waals surface area contributed by atoms with Crippen LogP contribution in [0.1, 0.15) is 21.7 Å². The molecular weight excluding hydrogens is 240 g/mol. The molecule has 2 heterocycles. The van der Waals surface area contributed by atoms with Gasteiger partial charge in [0.2, 0.25) is 5.91 Å². The number of esters is 1. The van der Waals surface area contributed by atoms with Gasteiger partial charge < -0.3 is 15.4 Å². The number of nitrogens with one attached hydrogen (secondary N) is 2. The zero-order valence-electron chi connectivity index (χ0n) is 9.49. The molecule has 0 radical (unpaired) electrons. The molecule has 5 nitrogen and oxygen atoms in total. The predicted octanol–water partition coefficient (Wildman–Crippen LogP) is 0.513. The number of thiophene rings is 1. The minimum absolute atomic E-state index is 0.0289. The zero-order valence-corrected chi connectivity index (χ0v) is 10.3. The van der Waals surface area contributed by atoms with Crippen molar-refractivity contribution in [2.45, 2.75) is 19.0 Å². The van der Waals surface area contributed by atoms with Crippen molar-refractivity contribution in [1.29, 1.82) is 0 Å². The number of hydrogen-bond acceptors (Lipinski definition) is 5. The summed E-state index contributed by atoms with van der Waals surface area (Å²) in [6.45, 7) is 1.23. The van der Waals surface area contributed by atoms with Gasteiger partial charge in [0, 0.05) is 18.0 Å². The van der Waals surface area contributed by atoms with Gasteiger partial charge >= 0.3 is 5.97 Å². The molecule has 0 bridgehead atoms. The summed E-state index contributed by atoms with van der Waals surface area (Å²) in [6, 6.07) is 1.59. The van der Waals surface area contributed by atoms with E-state index in [0.29, 0.717) is 18.7 Å². The second-order valence-corrected chi connectivity index (χ2v) is 4.76. The van der Waals surface area contributed by atoms with Crippen LogP contribution in [0.15, 0.2) is 11.4 Å². The SMILES string of the molecule is COC(=O)c1ccsc1CN[C@H]1CCNC1=O. The molecule has 0 spiro atoms. The lowest BCUT2D eigenvalue weighted by Crippen LogP contribution is -2.35. The Morgan fingerprint density at radius 2 is 2.53 bits per heavy atom. The molecule has 1 amide bonds. The lowest BCUT2D eigenvalue weighted by molar-refractivity contribution is -0.120. The third-order valence-electron chi connectivity index (χ3n) is 2.71. The number of carbonyl (C=O) groups excluding carboxylic acids is 2. The summed E-state index contributed by atoms with van der Waals surface area (Å²) in [7, 11) is 1.36. The first-order valence-corrected chi connectivity index (χ1v) is 6.26. The van der Waals surface area contributed by atoms with Crippen molar-refractivity contribution in [3.8, 4) is 0 Å². The second-order valence-electron chi connectivity index (χ2n) is 3.76. The van der Waals surface area contributed by atoms with Gasteiger partial charge in [-0.05, 0) is 17.9 Å². The van der Waals surface area contributed by atoms with Crippen molar-refractivity contribution >= 4 is 23.2 Å². The van der Waals surface area contributed by atoms with Gasteiger partial charge in [0.05, 0.1) is 18.7 Å². The quantitative estimate of drug-likeness (QED) is 0.768. The van der Waals surface area contributed by atoms with Crippen LogP contribution in [0.25, 0.3) is 0 Å². The van der Waals surface area contributed by atoms with E-state index in [1.165, 1.54) is 18.4 Å². The van der Waals surface area contributed by atoms with Crippen molar-refractivity contribution in [3.63, 3.8) is 0 Å². The van der Waals surface area contributed by atoms with Crippen LogP contribution >= 0.6 is 11.3 Å². The predicted molar refractivity (Wildman–Crippen MR) is 63.9 cm³/mol. The van der Waals surface area contributed by atoms with E-state index in [1.54, 1.807) is 6.07 Å². The van der Waals surface area contributed by atoms with E-state index in [2.05, 4.69) is 15.4 Å². The van der Waals surface area contributed by atoms with E-state index in [1.807, 2.05) is 5.38 Å². The summed E-state index contributed by atoms with van der Waals surface area (Å²) in [6.07, 6.45) is 0.789. The zero-order chi connectivity index (χ0) is 12.3. The van der Waals surface area contributed by atoms with Gasteiger partial charge in [0.25, 0.3) is 0 Å². The summed E-state index contributed by atoms with van der Waals surface area (Å²) in [5.74, 6) is -0.305. The maximum Gasteiger partial charge on any atom is 0.339 e. The van der Waals surface area contributed by atoms with Crippen LogP contribution in [0.5, 0.6) is 0 Å². The third kappa shape index (κ3) is 2.65. The molecule has 6 heteroatoms. The number of hydrogen-bond donors (Lipinski definition) is 2. The second kappa shape index (κ2) is 5.29. The summed E-state index contributed by atoms with van der Waals surface area (Å²) in [5.41, 5.74) is 0.573. The van der Waals surface area contributed by atoms with Crippen LogP contribution in [-0.4, -0.2) is 31.6 Å². The maximum absolute atomic E-state index is 11.4. The number of rotatable bonds is 4. The molecule has 1 fully saturated rings. The van der Waals surface area contributed by atoms with E-state index in [0.717, 1.165) is 11.3 Å². The van der Waals surface area contributed by atoms with Crippen LogP contribution in [0.4, 0.5) is 0 Å². The van der Waals surface area contributed by atoms with Gasteiger partial charge in [-0.25, -0.2) is 4.79 Å². The minimum atomic E-state index is -0.334. The Hall–Kier alpha value is -1.40. The lowest BCUT2D eigenvalue weighted by atomic mass is 10.2. The topological polar surface area (TPSA) is 67.4 Å². The molecule has 0 saturated carbocycles. The Balaban J connectivity index is 1.97. The highest BCUT2D eigenvalue weighted by Crippen LogP contribution is 2.18. The van der Waals surface area contributed by atoms with Gasteiger partial charge in [-0.2, -0.15) is 0 Å². The van der Waals surface area contributed by atoms with Crippen molar-refractivity contribution in [3.05, 3.63) is 21.9 Å². The van der Waals surface area contributed by atoms with E-state index >= 15 is 0 Å². The van der Waals surface area contributed by atoms with E-state index in [-0.39, 0.29) is 17.9 Å². The minimum Gasteiger partial charge on any atom is -0.465 e. The normalized spacial score (nSPS) is 19.1. The first-order chi connectivity index (χ1) is 8.22. The van der Waals surface area contributed by atoms with Crippen molar-refractivity contribution in [2.75, 3.05) is 13.7 Å². The van der Waals surface area contributed by atoms with Crippen molar-refractivity contribution < 1.29 is 14.3 Å². The Morgan fingerprint density at radius 3 is 3.18 bits per heavy atom. The number of carbonyl (C=O) groups is 2. The fraction of sp³-hybridized carbons (Fsp3) is 0.455. The molecule has 1 aromatic heterocycles. The highest BCUT2D eigenvalue weighted by atomic mass is 32.1. The molecule has 92 valence electrons. The number of amides is 1. The molecule has 2 N–H and O–H groups in total. The summed E-state index contributed by atoms with van der Waals surface area (Å²) >= 11 is 1.48. The van der Waals surface area contributed by atoms with Crippen LogP contribution in [-0.2, 0) is 16.1 Å². The number of ether oxygens (including phenoxy) is 1. The van der Waals surface area contributed by atoms with E-state index in [9.17, 15) is 9.59 Å². The van der Waals surface area contributed by atoms with Gasteiger partial charge in [-0.3, -0.25) is 4.79 Å². The summed E-state index contributed by atoms with van der Waals surface area (Å²) < 4.78 is 4.69. The van der Waals surface area contributed by atoms with E-state index < -0.39 is 0 Å². The molecule has 0 aromatic carbocycles. The molecule has 1 aliphatic heterocycles. The molecule has 1 aromatic rings. The molecule has 1 atom stereocenters. The fourth-order valence-corrected chi connectivity index (χ4v) is 2.59. The Bertz CT molecular complexity index is 430. The standard InChI is InChI=1S/C11H14N2O3S/c1-16-11(15)7-3-5-17-9(7)6-13-8-2-4-12-10(8)14/h3,5,8,13H,2,4,6H2,1H3,(H,12,14)/t8-/m0/s1. The summed E-state index contributed by atoms with van der Waals surface area (Å²) in [5, 5.41) is 7.75. The first kappa shape index (κ1) is 12.1. The monoisotopic (exact) mass is 254 g/mol. The van der Waals surface area contributed by atoms with Crippen molar-refractivity contribution in [1.82, 2.24) is 10.6 Å². The molecular formula is C11H14N2O3S. The van der Waals surface area contributed by atoms with Crippen LogP contribution in [0.2, 0.25) is 0 Å². The number of methoxy groups -OCH3 is 1. The largest absolute Gasteiger partial charge is 0.465 e. The average molecular weight is 254 g/mol. The average Bonchev–Trinajstić information content (AvgIpc) is 2.94. The van der Waals surface area contributed by atoms with Gasteiger partial charge in [0.1, 0.15) is 0 Å². The molecule has 0 aliphatic carbocycles. The van der Waals surface area contributed by atoms with Gasteiger partial charge in [-0.1, -0.05) is 0 Å². The molecule has 0 unspecified atom stereocenters. The van der Waals surface area contributed by atoms with Crippen molar-refractivity contribution in [2.24, 2.45) is 0 Å². The van der Waals surface area contributed by atoms with E-state index in [4.69, 9.17) is 0 Å². The summed E-state index contributed by atoms with van der Waals surface area (Å²) in [4.78, 5) is 23.7. The maximum atomic E-state index is 11.4.